The monoisotopic (exact) mass is 473 g/mol. The van der Waals surface area contributed by atoms with Crippen molar-refractivity contribution in [1.29, 1.82) is 0 Å². The molecule has 32 heavy (non-hydrogen) atoms. The van der Waals surface area contributed by atoms with Crippen molar-refractivity contribution in [2.75, 3.05) is 13.2 Å². The number of nitrogens with zero attached hydrogens (tertiary/aromatic N) is 3. The number of aromatic nitrogens is 2. The molecule has 168 valence electrons. The number of hydrogen-bond acceptors (Lipinski definition) is 6. The number of carbonyl (C=O) groups is 1. The normalized spacial score (nSPS) is 18.3. The largest absolute Gasteiger partial charge is 0.376 e. The fourth-order valence-corrected chi connectivity index (χ4v) is 6.62. The second kappa shape index (κ2) is 8.96. The van der Waals surface area contributed by atoms with Gasteiger partial charge in [-0.3, -0.25) is 14.2 Å². The van der Waals surface area contributed by atoms with Crippen LogP contribution in [-0.4, -0.2) is 39.6 Å². The maximum atomic E-state index is 14.2. The van der Waals surface area contributed by atoms with Crippen LogP contribution in [0.15, 0.2) is 34.2 Å². The Bertz CT molecular complexity index is 1230. The van der Waals surface area contributed by atoms with Gasteiger partial charge in [0.1, 0.15) is 10.6 Å². The van der Waals surface area contributed by atoms with Gasteiger partial charge in [-0.2, -0.15) is 0 Å². The van der Waals surface area contributed by atoms with Gasteiger partial charge in [-0.25, -0.2) is 9.37 Å². The van der Waals surface area contributed by atoms with Gasteiger partial charge in [0.15, 0.2) is 5.16 Å². The zero-order valence-electron chi connectivity index (χ0n) is 17.8. The number of halogens is 1. The van der Waals surface area contributed by atoms with Crippen molar-refractivity contribution in [1.82, 2.24) is 14.5 Å². The van der Waals surface area contributed by atoms with Crippen LogP contribution in [0.25, 0.3) is 10.2 Å². The summed E-state index contributed by atoms with van der Waals surface area (Å²) < 4.78 is 21.7. The second-order valence-corrected chi connectivity index (χ2v) is 10.2. The number of hydrogen-bond donors (Lipinski definition) is 0. The lowest BCUT2D eigenvalue weighted by molar-refractivity contribution is -0.129. The molecule has 0 N–H and O–H groups in total. The van der Waals surface area contributed by atoms with Crippen molar-refractivity contribution in [2.24, 2.45) is 0 Å². The summed E-state index contributed by atoms with van der Waals surface area (Å²) in [4.78, 5) is 33.9. The fraction of sp³-hybridized carbons (Fsp3) is 0.435. The van der Waals surface area contributed by atoms with Gasteiger partial charge in [-0.15, -0.1) is 11.3 Å². The Balaban J connectivity index is 1.55. The quantitative estimate of drug-likeness (QED) is 0.414. The Morgan fingerprint density at radius 3 is 2.97 bits per heavy atom. The highest BCUT2D eigenvalue weighted by Gasteiger charge is 2.27. The van der Waals surface area contributed by atoms with Crippen LogP contribution in [0.5, 0.6) is 0 Å². The molecule has 1 unspecified atom stereocenters. The topological polar surface area (TPSA) is 64.4 Å². The number of benzene rings is 1. The molecule has 2 aromatic heterocycles. The molecule has 1 atom stereocenters. The summed E-state index contributed by atoms with van der Waals surface area (Å²) in [6.07, 6.45) is 2.55. The van der Waals surface area contributed by atoms with E-state index in [2.05, 4.69) is 0 Å². The van der Waals surface area contributed by atoms with E-state index < -0.39 is 0 Å². The van der Waals surface area contributed by atoms with Crippen LogP contribution in [0.2, 0.25) is 0 Å². The smallest absolute Gasteiger partial charge is 0.263 e. The third-order valence-corrected chi connectivity index (χ3v) is 8.23. The van der Waals surface area contributed by atoms with Gasteiger partial charge >= 0.3 is 0 Å². The summed E-state index contributed by atoms with van der Waals surface area (Å²) in [5, 5.41) is 1.25. The first-order valence-electron chi connectivity index (χ1n) is 10.8. The number of ether oxygens (including phenoxy) is 1. The lowest BCUT2D eigenvalue weighted by atomic mass is 10.1. The van der Waals surface area contributed by atoms with E-state index in [0.29, 0.717) is 59.4 Å². The first-order chi connectivity index (χ1) is 15.5. The van der Waals surface area contributed by atoms with Crippen LogP contribution >= 0.6 is 23.1 Å². The van der Waals surface area contributed by atoms with Gasteiger partial charge in [0.25, 0.3) is 5.56 Å². The molecule has 0 aliphatic carbocycles. The van der Waals surface area contributed by atoms with Crippen molar-refractivity contribution < 1.29 is 13.9 Å². The maximum absolute atomic E-state index is 14.2. The molecule has 6 nitrogen and oxygen atoms in total. The van der Waals surface area contributed by atoms with E-state index in [0.717, 1.165) is 23.3 Å². The van der Waals surface area contributed by atoms with Crippen molar-refractivity contribution in [3.05, 3.63) is 56.4 Å². The molecule has 9 heteroatoms. The summed E-state index contributed by atoms with van der Waals surface area (Å²) in [7, 11) is 0. The molecule has 2 aliphatic rings. The minimum Gasteiger partial charge on any atom is -0.376 e. The fourth-order valence-electron chi connectivity index (χ4n) is 4.35. The number of fused-ring (bicyclic) bond motifs is 3. The lowest BCUT2D eigenvalue weighted by Crippen LogP contribution is -2.34. The molecule has 0 radical (unpaired) electrons. The molecule has 0 bridgehead atoms. The van der Waals surface area contributed by atoms with Gasteiger partial charge in [0.05, 0.1) is 24.6 Å². The van der Waals surface area contributed by atoms with E-state index in [4.69, 9.17) is 9.72 Å². The van der Waals surface area contributed by atoms with E-state index in [1.54, 1.807) is 28.5 Å². The van der Waals surface area contributed by atoms with Crippen LogP contribution in [0, 0.1) is 5.82 Å². The third kappa shape index (κ3) is 4.09. The van der Waals surface area contributed by atoms with Crippen molar-refractivity contribution in [3.8, 4) is 0 Å². The minimum atomic E-state index is -0.259. The van der Waals surface area contributed by atoms with E-state index >= 15 is 0 Å². The Kier molecular flexibility index (Phi) is 6.05. The van der Waals surface area contributed by atoms with Gasteiger partial charge < -0.3 is 9.64 Å². The molecular weight excluding hydrogens is 449 g/mol. The van der Waals surface area contributed by atoms with Crippen molar-refractivity contribution >= 4 is 39.2 Å². The summed E-state index contributed by atoms with van der Waals surface area (Å²) in [6, 6.07) is 6.68. The second-order valence-electron chi connectivity index (χ2n) is 8.20. The molecule has 1 fully saturated rings. The van der Waals surface area contributed by atoms with Crippen LogP contribution in [0.1, 0.15) is 35.8 Å². The molecule has 1 saturated heterocycles. The Morgan fingerprint density at radius 2 is 2.22 bits per heavy atom. The first-order valence-corrected chi connectivity index (χ1v) is 12.6. The molecule has 2 aliphatic heterocycles. The zero-order valence-corrected chi connectivity index (χ0v) is 19.4. The zero-order chi connectivity index (χ0) is 22.2. The molecule has 1 amide bonds. The first kappa shape index (κ1) is 21.6. The molecule has 0 spiro atoms. The molecule has 3 aromatic rings. The SMILES string of the molecule is CC(=O)N1CCc2c(sc3nc(SCc4ccccc4F)n(CC4CCCO4)c(=O)c23)C1. The summed E-state index contributed by atoms with van der Waals surface area (Å²) in [5.41, 5.74) is 1.54. The number of thiophene rings is 1. The number of thioether (sulfide) groups is 1. The maximum Gasteiger partial charge on any atom is 0.263 e. The Labute approximate surface area is 193 Å². The minimum absolute atomic E-state index is 0.0116. The van der Waals surface area contributed by atoms with Crippen LogP contribution in [0.4, 0.5) is 4.39 Å². The van der Waals surface area contributed by atoms with Gasteiger partial charge in [-0.05, 0) is 36.5 Å². The third-order valence-electron chi connectivity index (χ3n) is 6.10. The number of amides is 1. The van der Waals surface area contributed by atoms with Crippen LogP contribution < -0.4 is 5.56 Å². The average Bonchev–Trinajstić information content (AvgIpc) is 3.42. The Hall–Kier alpha value is -2.23. The van der Waals surface area contributed by atoms with E-state index in [1.165, 1.54) is 29.2 Å². The highest BCUT2D eigenvalue weighted by atomic mass is 32.2. The highest BCUT2D eigenvalue weighted by Crippen LogP contribution is 2.34. The standard InChI is InChI=1S/C23H24FN3O3S2/c1-14(28)26-9-8-17-19(12-26)32-21-20(17)22(29)27(11-16-6-4-10-30-16)23(25-21)31-13-15-5-2-3-7-18(15)24/h2-3,5,7,16H,4,6,8-13H2,1H3. The Morgan fingerprint density at radius 1 is 1.38 bits per heavy atom. The molecular formula is C23H24FN3O3S2. The molecule has 5 rings (SSSR count). The van der Waals surface area contributed by atoms with Crippen molar-refractivity contribution in [3.63, 3.8) is 0 Å². The predicted octanol–water partition coefficient (Wildman–Crippen LogP) is 3.97. The number of rotatable bonds is 5. The summed E-state index contributed by atoms with van der Waals surface area (Å²) in [6.45, 7) is 3.87. The summed E-state index contributed by atoms with van der Waals surface area (Å²) in [5.74, 6) is 0.169. The lowest BCUT2D eigenvalue weighted by Gasteiger charge is -2.25. The average molecular weight is 474 g/mol. The molecule has 1 aromatic carbocycles. The van der Waals surface area contributed by atoms with Crippen molar-refractivity contribution in [2.45, 2.75) is 56.3 Å². The van der Waals surface area contributed by atoms with E-state index in [1.807, 2.05) is 6.07 Å². The van der Waals surface area contributed by atoms with Crippen LogP contribution in [0.3, 0.4) is 0 Å². The van der Waals surface area contributed by atoms with Crippen LogP contribution in [-0.2, 0) is 34.8 Å². The van der Waals surface area contributed by atoms with Gasteiger partial charge in [0, 0.05) is 30.7 Å². The highest BCUT2D eigenvalue weighted by molar-refractivity contribution is 7.98. The van der Waals surface area contributed by atoms with Gasteiger partial charge in [-0.1, -0.05) is 30.0 Å². The summed E-state index contributed by atoms with van der Waals surface area (Å²) >= 11 is 2.86. The number of carbonyl (C=O) groups excluding carboxylic acids is 1. The molecule has 0 saturated carbocycles. The van der Waals surface area contributed by atoms with E-state index in [-0.39, 0.29) is 23.4 Å². The van der Waals surface area contributed by atoms with Gasteiger partial charge in [0.2, 0.25) is 5.91 Å². The predicted molar refractivity (Wildman–Crippen MR) is 124 cm³/mol. The molecule has 4 heterocycles. The van der Waals surface area contributed by atoms with E-state index in [9.17, 15) is 14.0 Å².